The van der Waals surface area contributed by atoms with Crippen molar-refractivity contribution in [1.29, 1.82) is 0 Å². The maximum absolute atomic E-state index is 11.4. The molecule has 15 heavy (non-hydrogen) atoms. The van der Waals surface area contributed by atoms with Crippen molar-refractivity contribution in [3.8, 4) is 0 Å². The van der Waals surface area contributed by atoms with Gasteiger partial charge in [0.25, 0.3) is 0 Å². The van der Waals surface area contributed by atoms with Crippen LogP contribution in [0.2, 0.25) is 0 Å². The molecule has 0 rings (SSSR count). The monoisotopic (exact) mass is 214 g/mol. The van der Waals surface area contributed by atoms with Gasteiger partial charge in [-0.05, 0) is 6.92 Å². The summed E-state index contributed by atoms with van der Waals surface area (Å²) in [5, 5.41) is 0. The average molecular weight is 214 g/mol. The van der Waals surface area contributed by atoms with Crippen molar-refractivity contribution < 1.29 is 19.1 Å². The van der Waals surface area contributed by atoms with Gasteiger partial charge in [0.05, 0.1) is 6.42 Å². The Kier molecular flexibility index (Phi) is 5.19. The number of Topliss-reactive ketones (excluding diaryl/α,β-unsaturated/α-hetero) is 2. The number of hydrogen-bond donors (Lipinski definition) is 0. The number of rotatable bonds is 5. The number of carbonyl (C=O) groups excluding carboxylic acids is 3. The van der Waals surface area contributed by atoms with E-state index in [0.29, 0.717) is 0 Å². The van der Waals surface area contributed by atoms with E-state index in [2.05, 4.69) is 4.74 Å². The van der Waals surface area contributed by atoms with Crippen molar-refractivity contribution in [2.24, 2.45) is 5.41 Å². The second-order valence-electron chi connectivity index (χ2n) is 4.54. The lowest BCUT2D eigenvalue weighted by atomic mass is 9.88. The Morgan fingerprint density at radius 2 is 1.60 bits per heavy atom. The summed E-state index contributed by atoms with van der Waals surface area (Å²) in [6.07, 6.45) is 0.212. The zero-order valence-electron chi connectivity index (χ0n) is 9.75. The van der Waals surface area contributed by atoms with E-state index in [1.54, 1.807) is 20.8 Å². The number of hydrogen-bond acceptors (Lipinski definition) is 4. The van der Waals surface area contributed by atoms with Gasteiger partial charge in [-0.3, -0.25) is 14.4 Å². The van der Waals surface area contributed by atoms with Crippen LogP contribution in [0.25, 0.3) is 0 Å². The molecule has 4 heteroatoms. The van der Waals surface area contributed by atoms with Gasteiger partial charge < -0.3 is 4.74 Å². The van der Waals surface area contributed by atoms with Crippen LogP contribution < -0.4 is 0 Å². The van der Waals surface area contributed by atoms with Crippen molar-refractivity contribution in [1.82, 2.24) is 0 Å². The Morgan fingerprint density at radius 1 is 1.07 bits per heavy atom. The van der Waals surface area contributed by atoms with Crippen LogP contribution in [0.1, 0.15) is 40.5 Å². The highest BCUT2D eigenvalue weighted by Crippen LogP contribution is 2.17. The minimum Gasteiger partial charge on any atom is -0.458 e. The minimum atomic E-state index is -0.497. The number of ketones is 2. The standard InChI is InChI=1S/C11H18O4/c1-8(12)7-15-10(14)6-5-9(13)11(2,3)4/h5-7H2,1-4H3. The fourth-order valence-electron chi connectivity index (χ4n) is 0.845. The Labute approximate surface area is 90.0 Å². The molecular formula is C11H18O4. The van der Waals surface area contributed by atoms with Crippen LogP contribution >= 0.6 is 0 Å². The fraction of sp³-hybridized carbons (Fsp3) is 0.727. The number of carbonyl (C=O) groups is 3. The summed E-state index contributed by atoms with van der Waals surface area (Å²) in [5.41, 5.74) is -0.430. The van der Waals surface area contributed by atoms with Gasteiger partial charge in [-0.2, -0.15) is 0 Å². The normalized spacial score (nSPS) is 10.9. The van der Waals surface area contributed by atoms with Gasteiger partial charge >= 0.3 is 5.97 Å². The predicted molar refractivity (Wildman–Crippen MR) is 55.3 cm³/mol. The summed E-state index contributed by atoms with van der Waals surface area (Å²) in [5.74, 6) is -0.685. The van der Waals surface area contributed by atoms with Crippen LogP contribution in [-0.4, -0.2) is 24.1 Å². The fourth-order valence-corrected chi connectivity index (χ4v) is 0.845. The van der Waals surface area contributed by atoms with Crippen molar-refractivity contribution >= 4 is 17.5 Å². The third kappa shape index (κ3) is 6.82. The molecule has 0 unspecified atom stereocenters. The Hall–Kier alpha value is -1.19. The molecular weight excluding hydrogens is 196 g/mol. The Balaban J connectivity index is 3.82. The smallest absolute Gasteiger partial charge is 0.306 e. The second kappa shape index (κ2) is 5.63. The van der Waals surface area contributed by atoms with E-state index in [9.17, 15) is 14.4 Å². The molecule has 0 amide bonds. The lowest BCUT2D eigenvalue weighted by Gasteiger charge is -2.15. The molecule has 0 saturated heterocycles. The van der Waals surface area contributed by atoms with Crippen molar-refractivity contribution in [2.75, 3.05) is 6.61 Å². The van der Waals surface area contributed by atoms with Gasteiger partial charge in [-0.25, -0.2) is 0 Å². The molecule has 0 aromatic rings. The molecule has 0 fully saturated rings. The molecule has 0 N–H and O–H groups in total. The van der Waals surface area contributed by atoms with Gasteiger partial charge in [0.1, 0.15) is 12.4 Å². The number of esters is 1. The van der Waals surface area contributed by atoms with Crippen LogP contribution in [0.4, 0.5) is 0 Å². The first kappa shape index (κ1) is 13.8. The van der Waals surface area contributed by atoms with E-state index in [-0.39, 0.29) is 31.0 Å². The molecule has 0 aliphatic heterocycles. The average Bonchev–Trinajstić information content (AvgIpc) is 2.09. The van der Waals surface area contributed by atoms with E-state index in [0.717, 1.165) is 0 Å². The second-order valence-corrected chi connectivity index (χ2v) is 4.54. The van der Waals surface area contributed by atoms with Crippen LogP contribution in [0.5, 0.6) is 0 Å². The lowest BCUT2D eigenvalue weighted by molar-refractivity contribution is -0.148. The third-order valence-electron chi connectivity index (χ3n) is 1.83. The maximum atomic E-state index is 11.4. The summed E-state index contributed by atoms with van der Waals surface area (Å²) >= 11 is 0. The van der Waals surface area contributed by atoms with Crippen molar-refractivity contribution in [3.63, 3.8) is 0 Å². The van der Waals surface area contributed by atoms with Crippen LogP contribution in [0.15, 0.2) is 0 Å². The van der Waals surface area contributed by atoms with E-state index < -0.39 is 11.4 Å². The van der Waals surface area contributed by atoms with Gasteiger partial charge in [0.2, 0.25) is 0 Å². The van der Waals surface area contributed by atoms with Gasteiger partial charge in [0.15, 0.2) is 5.78 Å². The maximum Gasteiger partial charge on any atom is 0.306 e. The van der Waals surface area contributed by atoms with E-state index in [4.69, 9.17) is 0 Å². The van der Waals surface area contributed by atoms with Crippen LogP contribution in [0, 0.1) is 5.41 Å². The van der Waals surface area contributed by atoms with Crippen LogP contribution in [0.3, 0.4) is 0 Å². The molecule has 0 bridgehead atoms. The highest BCUT2D eigenvalue weighted by Gasteiger charge is 2.21. The molecule has 0 aliphatic rings. The first-order valence-corrected chi connectivity index (χ1v) is 4.92. The summed E-state index contributed by atoms with van der Waals surface area (Å²) < 4.78 is 4.63. The lowest BCUT2D eigenvalue weighted by Crippen LogP contribution is -2.21. The molecule has 86 valence electrons. The predicted octanol–water partition coefficient (Wildman–Crippen LogP) is 1.51. The molecule has 0 heterocycles. The highest BCUT2D eigenvalue weighted by atomic mass is 16.5. The molecule has 0 spiro atoms. The van der Waals surface area contributed by atoms with E-state index in [1.807, 2.05) is 0 Å². The first-order valence-electron chi connectivity index (χ1n) is 4.92. The zero-order valence-corrected chi connectivity index (χ0v) is 9.75. The summed E-state index contributed by atoms with van der Waals surface area (Å²) in [4.78, 5) is 33.0. The molecule has 4 nitrogen and oxygen atoms in total. The highest BCUT2D eigenvalue weighted by molar-refractivity contribution is 5.87. The molecule has 0 aromatic heterocycles. The summed E-state index contributed by atoms with van der Waals surface area (Å²) in [7, 11) is 0. The zero-order chi connectivity index (χ0) is 12.1. The largest absolute Gasteiger partial charge is 0.458 e. The Morgan fingerprint density at radius 3 is 2.00 bits per heavy atom. The first-order chi connectivity index (χ1) is 6.73. The van der Waals surface area contributed by atoms with Crippen LogP contribution in [-0.2, 0) is 19.1 Å². The van der Waals surface area contributed by atoms with Gasteiger partial charge in [0, 0.05) is 11.8 Å². The SMILES string of the molecule is CC(=O)COC(=O)CCC(=O)C(C)(C)C. The third-order valence-corrected chi connectivity index (χ3v) is 1.83. The molecule has 0 aromatic carbocycles. The topological polar surface area (TPSA) is 60.4 Å². The van der Waals surface area contributed by atoms with E-state index in [1.165, 1.54) is 6.92 Å². The number of ether oxygens (including phenoxy) is 1. The van der Waals surface area contributed by atoms with Crippen molar-refractivity contribution in [3.05, 3.63) is 0 Å². The van der Waals surface area contributed by atoms with Gasteiger partial charge in [-0.1, -0.05) is 20.8 Å². The Bertz CT molecular complexity index is 260. The van der Waals surface area contributed by atoms with Gasteiger partial charge in [-0.15, -0.1) is 0 Å². The molecule has 0 saturated carbocycles. The van der Waals surface area contributed by atoms with Crippen molar-refractivity contribution in [2.45, 2.75) is 40.5 Å². The molecule has 0 radical (unpaired) electrons. The quantitative estimate of drug-likeness (QED) is 0.651. The molecule has 0 aliphatic carbocycles. The van der Waals surface area contributed by atoms with E-state index >= 15 is 0 Å². The molecule has 0 atom stereocenters. The minimum absolute atomic E-state index is 0.0160. The summed E-state index contributed by atoms with van der Waals surface area (Å²) in [6.45, 7) is 6.54. The summed E-state index contributed by atoms with van der Waals surface area (Å²) in [6, 6.07) is 0.